The molecule has 0 atom stereocenters. The first-order valence-electron chi connectivity index (χ1n) is 6.24. The van der Waals surface area contributed by atoms with Crippen LogP contribution in [0, 0.1) is 0 Å². The summed E-state index contributed by atoms with van der Waals surface area (Å²) in [6.45, 7) is 0.443. The lowest BCUT2D eigenvalue weighted by molar-refractivity contribution is 0.309. The number of rotatable bonds is 3. The average Bonchev–Trinajstić information content (AvgIpc) is 2.47. The molecule has 0 spiro atoms. The van der Waals surface area contributed by atoms with E-state index in [1.54, 1.807) is 6.20 Å². The van der Waals surface area contributed by atoms with Gasteiger partial charge in [0.05, 0.1) is 5.02 Å². The molecule has 0 aliphatic rings. The summed E-state index contributed by atoms with van der Waals surface area (Å²) in [5.74, 6) is 0.715. The number of pyridine rings is 1. The Kier molecular flexibility index (Phi) is 3.44. The summed E-state index contributed by atoms with van der Waals surface area (Å²) in [6, 6.07) is 15.1. The third-order valence-corrected chi connectivity index (χ3v) is 3.35. The normalized spacial score (nSPS) is 10.7. The first kappa shape index (κ1) is 12.8. The number of halogens is 1. The second kappa shape index (κ2) is 5.39. The molecule has 3 aromatic rings. The van der Waals surface area contributed by atoms with Crippen LogP contribution in [0.2, 0.25) is 5.02 Å². The van der Waals surface area contributed by atoms with Gasteiger partial charge in [0.2, 0.25) is 0 Å². The Hall–Kier alpha value is -2.26. The lowest BCUT2D eigenvalue weighted by atomic mass is 10.2. The van der Waals surface area contributed by atoms with Gasteiger partial charge in [-0.3, -0.25) is 4.98 Å². The summed E-state index contributed by atoms with van der Waals surface area (Å²) in [7, 11) is 0. The molecule has 0 unspecified atom stereocenters. The fraction of sp³-hybridized carbons (Fsp3) is 0.0625. The molecule has 0 aliphatic carbocycles. The van der Waals surface area contributed by atoms with E-state index in [9.17, 15) is 0 Å². The van der Waals surface area contributed by atoms with Crippen LogP contribution < -0.4 is 10.5 Å². The Morgan fingerprint density at radius 2 is 2.00 bits per heavy atom. The molecule has 3 nitrogen and oxygen atoms in total. The monoisotopic (exact) mass is 284 g/mol. The van der Waals surface area contributed by atoms with Crippen LogP contribution in [0.5, 0.6) is 5.75 Å². The van der Waals surface area contributed by atoms with Crippen LogP contribution >= 0.6 is 11.6 Å². The highest BCUT2D eigenvalue weighted by Crippen LogP contribution is 2.30. The van der Waals surface area contributed by atoms with Crippen LogP contribution in [0.15, 0.2) is 54.7 Å². The maximum atomic E-state index is 6.15. The van der Waals surface area contributed by atoms with Gasteiger partial charge in [0.15, 0.2) is 0 Å². The van der Waals surface area contributed by atoms with Crippen molar-refractivity contribution in [1.82, 2.24) is 4.98 Å². The summed E-state index contributed by atoms with van der Waals surface area (Å²) >= 11 is 6.15. The van der Waals surface area contributed by atoms with Crippen molar-refractivity contribution >= 4 is 28.2 Å². The molecule has 0 saturated heterocycles. The number of hydrogen-bond acceptors (Lipinski definition) is 3. The number of nitrogens with two attached hydrogens (primary N) is 1. The van der Waals surface area contributed by atoms with Crippen molar-refractivity contribution in [3.63, 3.8) is 0 Å². The van der Waals surface area contributed by atoms with Crippen molar-refractivity contribution in [2.24, 2.45) is 0 Å². The van der Waals surface area contributed by atoms with Crippen molar-refractivity contribution in [1.29, 1.82) is 0 Å². The van der Waals surface area contributed by atoms with Gasteiger partial charge in [0, 0.05) is 17.3 Å². The molecule has 0 saturated carbocycles. The minimum atomic E-state index is 0.443. The van der Waals surface area contributed by atoms with Gasteiger partial charge in [-0.25, -0.2) is 0 Å². The zero-order valence-corrected chi connectivity index (χ0v) is 11.5. The molecule has 0 amide bonds. The molecule has 2 aromatic carbocycles. The second-order valence-corrected chi connectivity index (χ2v) is 4.89. The van der Waals surface area contributed by atoms with E-state index in [-0.39, 0.29) is 0 Å². The molecule has 20 heavy (non-hydrogen) atoms. The van der Waals surface area contributed by atoms with Gasteiger partial charge in [-0.15, -0.1) is 0 Å². The first-order valence-corrected chi connectivity index (χ1v) is 6.62. The number of hydrogen-bond donors (Lipinski definition) is 1. The molecule has 1 heterocycles. The van der Waals surface area contributed by atoms with Crippen LogP contribution in [0.4, 0.5) is 5.69 Å². The molecule has 0 fully saturated rings. The maximum Gasteiger partial charge on any atom is 0.146 e. The van der Waals surface area contributed by atoms with Crippen LogP contribution in [-0.2, 0) is 6.61 Å². The van der Waals surface area contributed by atoms with Crippen molar-refractivity contribution in [2.45, 2.75) is 6.61 Å². The minimum absolute atomic E-state index is 0.443. The number of nitrogen functional groups attached to an aromatic ring is 1. The van der Waals surface area contributed by atoms with E-state index in [1.165, 1.54) is 0 Å². The molecule has 0 aliphatic heterocycles. The third-order valence-electron chi connectivity index (χ3n) is 3.02. The molecule has 4 heteroatoms. The molecule has 2 N–H and O–H groups in total. The van der Waals surface area contributed by atoms with Crippen molar-refractivity contribution in [3.8, 4) is 5.75 Å². The van der Waals surface area contributed by atoms with E-state index < -0.39 is 0 Å². The van der Waals surface area contributed by atoms with E-state index in [1.807, 2.05) is 48.5 Å². The van der Waals surface area contributed by atoms with Crippen LogP contribution in [0.3, 0.4) is 0 Å². The maximum absolute atomic E-state index is 6.15. The number of fused-ring (bicyclic) bond motifs is 1. The Morgan fingerprint density at radius 3 is 2.85 bits per heavy atom. The quantitative estimate of drug-likeness (QED) is 0.738. The molecule has 0 bridgehead atoms. The summed E-state index contributed by atoms with van der Waals surface area (Å²) in [5, 5.41) is 1.56. The van der Waals surface area contributed by atoms with Gasteiger partial charge < -0.3 is 10.5 Å². The number of aromatic nitrogens is 1. The summed E-state index contributed by atoms with van der Waals surface area (Å²) in [5.41, 5.74) is 8.26. The SMILES string of the molecule is Nc1cccc(COc2ccc(Cl)c3cccnc23)c1. The second-order valence-electron chi connectivity index (χ2n) is 4.48. The van der Waals surface area contributed by atoms with Gasteiger partial charge in [-0.2, -0.15) is 0 Å². The predicted octanol–water partition coefficient (Wildman–Crippen LogP) is 4.05. The Bertz CT molecular complexity index is 758. The summed E-state index contributed by atoms with van der Waals surface area (Å²) < 4.78 is 5.84. The van der Waals surface area contributed by atoms with Gasteiger partial charge in [0.1, 0.15) is 17.9 Å². The van der Waals surface area contributed by atoms with Crippen LogP contribution in [-0.4, -0.2) is 4.98 Å². The van der Waals surface area contributed by atoms with Crippen molar-refractivity contribution in [3.05, 3.63) is 65.3 Å². The highest BCUT2D eigenvalue weighted by molar-refractivity contribution is 6.35. The molecule has 1 aromatic heterocycles. The number of benzene rings is 2. The highest BCUT2D eigenvalue weighted by atomic mass is 35.5. The van der Waals surface area contributed by atoms with Gasteiger partial charge in [0.25, 0.3) is 0 Å². The molecular weight excluding hydrogens is 272 g/mol. The van der Waals surface area contributed by atoms with Gasteiger partial charge in [-0.1, -0.05) is 23.7 Å². The third kappa shape index (κ3) is 2.53. The Labute approximate surface area is 122 Å². The van der Waals surface area contributed by atoms with E-state index in [0.29, 0.717) is 17.4 Å². The zero-order valence-electron chi connectivity index (χ0n) is 10.7. The fourth-order valence-electron chi connectivity index (χ4n) is 2.07. The smallest absolute Gasteiger partial charge is 0.146 e. The molecule has 0 radical (unpaired) electrons. The molecular formula is C16H13ClN2O. The minimum Gasteiger partial charge on any atom is -0.487 e. The predicted molar refractivity (Wildman–Crippen MR) is 81.9 cm³/mol. The van der Waals surface area contributed by atoms with Crippen LogP contribution in [0.25, 0.3) is 10.9 Å². The van der Waals surface area contributed by atoms with Gasteiger partial charge in [-0.05, 0) is 42.0 Å². The Balaban J connectivity index is 1.90. The van der Waals surface area contributed by atoms with Crippen molar-refractivity contribution in [2.75, 3.05) is 5.73 Å². The van der Waals surface area contributed by atoms with E-state index >= 15 is 0 Å². The number of anilines is 1. The fourth-order valence-corrected chi connectivity index (χ4v) is 2.29. The van der Waals surface area contributed by atoms with E-state index in [4.69, 9.17) is 22.1 Å². The zero-order chi connectivity index (χ0) is 13.9. The topological polar surface area (TPSA) is 48.1 Å². The largest absolute Gasteiger partial charge is 0.487 e. The summed E-state index contributed by atoms with van der Waals surface area (Å²) in [6.07, 6.45) is 1.73. The van der Waals surface area contributed by atoms with E-state index in [2.05, 4.69) is 4.98 Å². The summed E-state index contributed by atoms with van der Waals surface area (Å²) in [4.78, 5) is 4.34. The lowest BCUT2D eigenvalue weighted by Gasteiger charge is -2.10. The van der Waals surface area contributed by atoms with Gasteiger partial charge >= 0.3 is 0 Å². The average molecular weight is 285 g/mol. The molecule has 100 valence electrons. The number of ether oxygens (including phenoxy) is 1. The molecule has 3 rings (SSSR count). The highest BCUT2D eigenvalue weighted by Gasteiger charge is 2.06. The van der Waals surface area contributed by atoms with E-state index in [0.717, 1.165) is 22.2 Å². The standard InChI is InChI=1S/C16H13ClN2O/c17-14-6-7-15(16-13(14)5-2-8-19-16)20-10-11-3-1-4-12(18)9-11/h1-9H,10,18H2. The van der Waals surface area contributed by atoms with Crippen molar-refractivity contribution < 1.29 is 4.74 Å². The number of nitrogens with zero attached hydrogens (tertiary/aromatic N) is 1. The van der Waals surface area contributed by atoms with Crippen LogP contribution in [0.1, 0.15) is 5.56 Å². The Morgan fingerprint density at radius 1 is 1.10 bits per heavy atom. The first-order chi connectivity index (χ1) is 9.74. The lowest BCUT2D eigenvalue weighted by Crippen LogP contribution is -1.98.